The van der Waals surface area contributed by atoms with Crippen molar-refractivity contribution in [1.82, 2.24) is 15.1 Å². The van der Waals surface area contributed by atoms with Crippen molar-refractivity contribution < 1.29 is 124 Å². The molecule has 0 bridgehead atoms. The van der Waals surface area contributed by atoms with Gasteiger partial charge < -0.3 is 39.2 Å². The number of alkyl carbamates (subject to hydrolysis) is 1. The standard InChI is InChI=1S/C16H19NO3.C13H15NO3.C10H11NO2.C6H12O.C6H10O.C4H9.C3H5ClO.C3H5I.CH4S.2B.2Li.Na.2H/c1-4-8-11(2)15(18)17-12(3)14(20-16(17)19)13-9-6-5-7-10-13;1-3-11(15)14-9(2)12(17-13(14)16)10-7-5-4-6-8-10;1-7-9(13-10(12)11-7)8-5-3-2-4-6-8;2*1-3-4-6(2)5-7;1-3-4-2;1-2-3(4)5;1-2-3-4;1-2;;;;;;;/h4-7,9-12,14H,1,8H2,2-3H3;4-9,12H,3H2,1-2H3;2-7,9H,1H3,(H,11,12);3,6-7H,1,4-5H2,2H3;3,5-6H,1,4H2,2H3;1,3-4H2,2H3;2H2,1H3;2H,1,3H2;2H,1H3;;;;;;;/q;;;;;-1;;;;;;3*+1;2*-1/t11-,12+,14+;9-,12-;7-,9-;2*6-;;;;;;;;;;;/m01100.........../s1/i;;;;;;;;1D;;;;;;;. The Morgan fingerprint density at radius 2 is 1.10 bits per heavy atom. The number of benzene rings is 3. The Morgan fingerprint density at radius 3 is 1.36 bits per heavy atom. The quantitative estimate of drug-likeness (QED) is 0.0185. The zero-order valence-corrected chi connectivity index (χ0v) is 57.9. The molecule has 3 aromatic rings. The van der Waals surface area contributed by atoms with Crippen molar-refractivity contribution in [3.63, 3.8) is 0 Å². The van der Waals surface area contributed by atoms with Gasteiger partial charge in [-0.25, -0.2) is 24.2 Å². The number of thiol groups is 1. The molecule has 0 aliphatic carbocycles. The monoisotopic (exact) mass is 1310 g/mol. The molecule has 0 unspecified atom stereocenters. The summed E-state index contributed by atoms with van der Waals surface area (Å²) in [7, 11) is 0. The number of aliphatic hydroxyl groups is 1. The number of aldehydes is 1. The Bertz CT molecular complexity index is 2260. The van der Waals surface area contributed by atoms with E-state index >= 15 is 0 Å². The van der Waals surface area contributed by atoms with Gasteiger partial charge in [0.25, 0.3) is 0 Å². The number of rotatable bonds is 16. The molecule has 3 fully saturated rings. The molecule has 450 valence electrons. The number of halogens is 2. The molecule has 3 aliphatic heterocycles. The zero-order chi connectivity index (χ0) is 61.6. The van der Waals surface area contributed by atoms with E-state index in [1.54, 1.807) is 32.9 Å². The number of nitrogens with zero attached hydrogens (tertiary/aromatic N) is 2. The van der Waals surface area contributed by atoms with Crippen molar-refractivity contribution in [3.05, 3.63) is 165 Å². The largest absolute Gasteiger partial charge is 1.00 e. The molecule has 6 radical (unpaired) electrons. The van der Waals surface area contributed by atoms with E-state index in [-0.39, 0.29) is 165 Å². The van der Waals surface area contributed by atoms with E-state index < -0.39 is 18.3 Å². The molecule has 22 heteroatoms. The molecule has 6 rings (SSSR count). The minimum Gasteiger partial charge on any atom is -1.00 e. The summed E-state index contributed by atoms with van der Waals surface area (Å²) >= 11 is 10.5. The first-order valence-electron chi connectivity index (χ1n) is 26.9. The summed E-state index contributed by atoms with van der Waals surface area (Å²) in [6.07, 6.45) is 11.2. The van der Waals surface area contributed by atoms with Crippen LogP contribution in [0, 0.1) is 24.7 Å². The van der Waals surface area contributed by atoms with E-state index in [1.165, 1.54) is 16.2 Å². The van der Waals surface area contributed by atoms with Crippen molar-refractivity contribution in [3.8, 4) is 0 Å². The van der Waals surface area contributed by atoms with Crippen LogP contribution in [0.15, 0.2) is 142 Å². The molecule has 0 spiro atoms. The Hall–Kier alpha value is -3.24. The summed E-state index contributed by atoms with van der Waals surface area (Å²) in [4.78, 5) is 80.3. The van der Waals surface area contributed by atoms with Crippen molar-refractivity contribution in [2.45, 2.75) is 144 Å². The van der Waals surface area contributed by atoms with Crippen LogP contribution in [0.5, 0.6) is 0 Å². The van der Waals surface area contributed by atoms with Crippen LogP contribution in [0.3, 0.4) is 0 Å². The van der Waals surface area contributed by atoms with Gasteiger partial charge in [0.05, 0.1) is 18.1 Å². The Morgan fingerprint density at radius 1 is 0.738 bits per heavy atom. The van der Waals surface area contributed by atoms with Crippen molar-refractivity contribution in [1.29, 1.82) is 0 Å². The molecule has 0 saturated carbocycles. The van der Waals surface area contributed by atoms with Gasteiger partial charge in [0.1, 0.15) is 24.6 Å². The number of ether oxygens (including phenoxy) is 3. The number of carbonyl (C=O) groups excluding carboxylic acids is 7. The predicted molar refractivity (Wildman–Crippen MR) is 347 cm³/mol. The third-order valence-electron chi connectivity index (χ3n) is 11.1. The van der Waals surface area contributed by atoms with Gasteiger partial charge in [0.2, 0.25) is 17.1 Å². The number of hydrogen-bond donors (Lipinski definition) is 3. The smallest absolute Gasteiger partial charge is 1.00 e. The number of nitrogens with one attached hydrogen (secondary N) is 1. The first-order chi connectivity index (χ1) is 38.1. The maximum absolute atomic E-state index is 12.3. The Kier molecular flexibility index (Phi) is 69.0. The second-order valence-corrected chi connectivity index (χ2v) is 19.1. The van der Waals surface area contributed by atoms with E-state index in [0.717, 1.165) is 46.7 Å². The molecule has 9 atom stereocenters. The summed E-state index contributed by atoms with van der Waals surface area (Å²) in [6.45, 7) is 34.8. The number of carbonyl (C=O) groups is 7. The first kappa shape index (κ1) is 94.4. The van der Waals surface area contributed by atoms with Crippen molar-refractivity contribution in [2.24, 2.45) is 17.8 Å². The average molecular weight is 1310 g/mol. The molecule has 0 aromatic heterocycles. The van der Waals surface area contributed by atoms with E-state index in [9.17, 15) is 33.6 Å². The minimum absolute atomic E-state index is 0. The molecular formula is C62H92B2ClILi2N3NaO11S. The molecule has 3 aromatic carbocycles. The summed E-state index contributed by atoms with van der Waals surface area (Å²) in [6, 6.07) is 28.2. The fourth-order valence-corrected chi connectivity index (χ4v) is 6.68. The fraction of sp³-hybridized carbons (Fsp3) is 0.452. The van der Waals surface area contributed by atoms with Crippen molar-refractivity contribution in [2.75, 3.05) is 17.3 Å². The molecule has 3 heterocycles. The maximum atomic E-state index is 12.3. The predicted octanol–water partition coefficient (Wildman–Crippen LogP) is 5.67. The van der Waals surface area contributed by atoms with Crippen LogP contribution in [0.2, 0.25) is 0 Å². The van der Waals surface area contributed by atoms with Crippen LogP contribution in [-0.2, 0) is 33.4 Å². The molecule has 2 N–H and O–H groups in total. The summed E-state index contributed by atoms with van der Waals surface area (Å²) in [5, 5.41) is 10.8. The normalized spacial score (nSPS) is 18.0. The number of aliphatic hydroxyl groups excluding tert-OH is 1. The molecule has 5 amide bonds. The third-order valence-corrected chi connectivity index (χ3v) is 12.0. The van der Waals surface area contributed by atoms with Crippen LogP contribution in [0.25, 0.3) is 0 Å². The SMILES string of the molecule is C=CCI.C=CC[C@H](C)C(=O)N1C(=O)O[C@@H](c2ccccc2)[C@H]1C.C=CC[C@H](C)C=O.C=CC[C@H](C)CO.CCC(=O)Cl.CCC(=O)N1C(=O)O[C@@H](c2ccccc2)[C@H]1C.C[C@H]1NC(=O)O[C@H]1c1ccccc1.[2H]CS.[B].[B].[CH2-]CCC.[H-].[H-].[Li+].[Li+].[Na+]. The second kappa shape index (κ2) is 61.4. The number of hydrogen-bond acceptors (Lipinski definition) is 12. The van der Waals surface area contributed by atoms with E-state index in [2.05, 4.69) is 80.7 Å². The van der Waals surface area contributed by atoms with Crippen LogP contribution in [-0.4, -0.2) is 109 Å². The van der Waals surface area contributed by atoms with Crippen LogP contribution >= 0.6 is 46.8 Å². The van der Waals surface area contributed by atoms with Gasteiger partial charge in [-0.2, -0.15) is 19.0 Å². The third kappa shape index (κ3) is 41.0. The maximum Gasteiger partial charge on any atom is 1.00 e. The number of alkyl halides is 1. The number of cyclic esters (lactones) is 3. The van der Waals surface area contributed by atoms with Gasteiger partial charge in [0.15, 0.2) is 0 Å². The number of amides is 5. The summed E-state index contributed by atoms with van der Waals surface area (Å²) in [5.74, 6) is -0.131. The average Bonchev–Trinajstić information content (AvgIpc) is 4.10. The van der Waals surface area contributed by atoms with E-state index in [0.29, 0.717) is 25.2 Å². The topological polar surface area (TPSA) is 186 Å². The number of imide groups is 2. The number of allylic oxidation sites excluding steroid dienone is 4. The molecule has 3 aliphatic rings. The molecular weight excluding hydrogens is 1220 g/mol. The van der Waals surface area contributed by atoms with Crippen LogP contribution in [0.4, 0.5) is 14.4 Å². The van der Waals surface area contributed by atoms with Gasteiger partial charge in [0, 0.05) is 53.9 Å². The molecule has 14 nitrogen and oxygen atoms in total. The molecule has 3 saturated heterocycles. The zero-order valence-electron chi connectivity index (χ0n) is 55.1. The Balaban J connectivity index is -0.000000102. The fourth-order valence-electron chi connectivity index (χ4n) is 6.68. The Labute approximate surface area is 583 Å². The van der Waals surface area contributed by atoms with Gasteiger partial charge >= 0.3 is 85.6 Å². The molecule has 84 heavy (non-hydrogen) atoms. The van der Waals surface area contributed by atoms with Crippen LogP contribution in [0.1, 0.15) is 146 Å². The summed E-state index contributed by atoms with van der Waals surface area (Å²) in [5.41, 5.74) is 2.85. The van der Waals surface area contributed by atoms with E-state index in [4.69, 9.17) is 32.3 Å². The first-order valence-corrected chi connectivity index (χ1v) is 28.8. The minimum atomic E-state index is -0.563. The van der Waals surface area contributed by atoms with Gasteiger partial charge in [-0.05, 0) is 80.5 Å². The second-order valence-electron chi connectivity index (χ2n) is 17.8. The van der Waals surface area contributed by atoms with Gasteiger partial charge in [-0.3, -0.25) is 14.4 Å². The van der Waals surface area contributed by atoms with Crippen molar-refractivity contribution >= 4 is 105 Å². The van der Waals surface area contributed by atoms with Gasteiger partial charge in [-0.15, -0.1) is 26.3 Å². The number of unbranched alkanes of at least 4 members (excludes halogenated alkanes) is 1. The van der Waals surface area contributed by atoms with E-state index in [1.807, 2.05) is 138 Å². The van der Waals surface area contributed by atoms with Crippen LogP contribution < -0.4 is 72.6 Å². The van der Waals surface area contributed by atoms with Gasteiger partial charge in [-0.1, -0.05) is 186 Å². The summed E-state index contributed by atoms with van der Waals surface area (Å²) < 4.78 is 22.9.